The van der Waals surface area contributed by atoms with Crippen molar-refractivity contribution in [2.24, 2.45) is 18.4 Å². The zero-order valence-corrected chi connectivity index (χ0v) is 36.1. The Kier molecular flexibility index (Phi) is 11.5. The highest BCUT2D eigenvalue weighted by atomic mass is 32.2. The van der Waals surface area contributed by atoms with Crippen LogP contribution in [0.5, 0.6) is 0 Å². The van der Waals surface area contributed by atoms with E-state index >= 15 is 8.78 Å². The van der Waals surface area contributed by atoms with Crippen LogP contribution in [0.3, 0.4) is 0 Å². The van der Waals surface area contributed by atoms with E-state index in [1.807, 2.05) is 0 Å². The molecule has 1 amide bonds. The highest BCUT2D eigenvalue weighted by molar-refractivity contribution is 7.92. The molecular formula is C41H43F7N10O3S2. The molecule has 2 aliphatic rings. The molecule has 2 fully saturated rings. The van der Waals surface area contributed by atoms with Gasteiger partial charge in [0.15, 0.2) is 22.3 Å². The van der Waals surface area contributed by atoms with Gasteiger partial charge in [-0.05, 0) is 67.0 Å². The van der Waals surface area contributed by atoms with Gasteiger partial charge >= 0.3 is 6.18 Å². The van der Waals surface area contributed by atoms with Crippen LogP contribution in [-0.4, -0.2) is 76.3 Å². The second kappa shape index (κ2) is 16.3. The van der Waals surface area contributed by atoms with Crippen LogP contribution in [0.1, 0.15) is 61.8 Å². The third-order valence-corrected chi connectivity index (χ3v) is 13.5. The van der Waals surface area contributed by atoms with E-state index in [2.05, 4.69) is 30.5 Å². The summed E-state index contributed by atoms with van der Waals surface area (Å²) in [6, 6.07) is 8.45. The number of para-hydroxylation sites is 1. The fraction of sp³-hybridized carbons (Fsp3) is 0.439. The Morgan fingerprint density at radius 2 is 1.68 bits per heavy atom. The minimum Gasteiger partial charge on any atom is -0.348 e. The lowest BCUT2D eigenvalue weighted by Gasteiger charge is -2.48. The summed E-state index contributed by atoms with van der Waals surface area (Å²) in [6.45, 7) is 4.92. The molecule has 0 bridgehead atoms. The van der Waals surface area contributed by atoms with Crippen LogP contribution in [0, 0.1) is 23.0 Å². The zero-order valence-electron chi connectivity index (χ0n) is 34.5. The molecule has 2 saturated heterocycles. The van der Waals surface area contributed by atoms with Gasteiger partial charge in [-0.25, -0.2) is 22.2 Å². The SMILES string of the molecule is CC[C@@H](C)C(F)(F)c1cc(C(F)(F)F)nn1CC(=O)N[C@@H](Cc1cc(F)cc(F)c1)c1nc2nc(N3CCC4(CC3)CNC4)sc2cc1-c1cccc2c(NS(C)(=O)=O)nn(C)c12. The molecule has 0 radical (unpaired) electrons. The Balaban J connectivity index is 1.27. The van der Waals surface area contributed by atoms with Crippen LogP contribution < -0.4 is 20.3 Å². The van der Waals surface area contributed by atoms with E-state index in [0.717, 1.165) is 57.4 Å². The minimum absolute atomic E-state index is 0.0274. The number of hydrogen-bond acceptors (Lipinski definition) is 10. The first-order valence-corrected chi connectivity index (χ1v) is 22.8. The van der Waals surface area contributed by atoms with Crippen molar-refractivity contribution >= 4 is 59.5 Å². The maximum absolute atomic E-state index is 15.7. The summed E-state index contributed by atoms with van der Waals surface area (Å²) in [5.41, 5.74) is -0.827. The Hall–Kier alpha value is -5.35. The number of rotatable bonds is 13. The van der Waals surface area contributed by atoms with Crippen LogP contribution in [-0.2, 0) is 46.9 Å². The molecule has 0 unspecified atom stereocenters. The van der Waals surface area contributed by atoms with Gasteiger partial charge in [0.25, 0.3) is 5.92 Å². The van der Waals surface area contributed by atoms with E-state index in [9.17, 15) is 35.2 Å². The molecule has 2 atom stereocenters. The molecule has 0 saturated carbocycles. The fourth-order valence-electron chi connectivity index (χ4n) is 8.30. The number of carbonyl (C=O) groups excluding carboxylic acids is 1. The first-order valence-electron chi connectivity index (χ1n) is 20.1. The molecule has 6 aromatic rings. The fourth-order valence-corrected chi connectivity index (χ4v) is 9.80. The number of fused-ring (bicyclic) bond motifs is 2. The average Bonchev–Trinajstić information content (AvgIpc) is 3.90. The molecule has 1 spiro atoms. The number of carbonyl (C=O) groups is 1. The first kappa shape index (κ1) is 44.3. The molecule has 0 aliphatic carbocycles. The van der Waals surface area contributed by atoms with Crippen LogP contribution in [0.4, 0.5) is 41.7 Å². The predicted molar refractivity (Wildman–Crippen MR) is 224 cm³/mol. The lowest BCUT2D eigenvalue weighted by molar-refractivity contribution is -0.141. The quantitative estimate of drug-likeness (QED) is 0.0999. The highest BCUT2D eigenvalue weighted by Crippen LogP contribution is 2.43. The molecule has 336 valence electrons. The van der Waals surface area contributed by atoms with Gasteiger partial charge in [-0.15, -0.1) is 0 Å². The summed E-state index contributed by atoms with van der Waals surface area (Å²) in [4.78, 5) is 26.2. The Morgan fingerprint density at radius 1 is 0.984 bits per heavy atom. The number of alkyl halides is 5. The highest BCUT2D eigenvalue weighted by Gasteiger charge is 2.45. The lowest BCUT2D eigenvalue weighted by atomic mass is 9.73. The third-order valence-electron chi connectivity index (χ3n) is 11.9. The monoisotopic (exact) mass is 920 g/mol. The number of aromatic nitrogens is 6. The summed E-state index contributed by atoms with van der Waals surface area (Å²) in [5, 5.41) is 15.0. The van der Waals surface area contributed by atoms with Crippen molar-refractivity contribution in [2.75, 3.05) is 42.1 Å². The smallest absolute Gasteiger partial charge is 0.348 e. The van der Waals surface area contributed by atoms with Crippen LogP contribution >= 0.6 is 11.3 Å². The van der Waals surface area contributed by atoms with E-state index in [4.69, 9.17) is 9.97 Å². The Morgan fingerprint density at radius 3 is 2.30 bits per heavy atom. The van der Waals surface area contributed by atoms with Crippen molar-refractivity contribution in [3.63, 3.8) is 0 Å². The third kappa shape index (κ3) is 8.93. The summed E-state index contributed by atoms with van der Waals surface area (Å²) in [6.07, 6.45) is -2.66. The number of sulfonamides is 1. The lowest BCUT2D eigenvalue weighted by Crippen LogP contribution is -2.58. The first-order chi connectivity index (χ1) is 29.6. The van der Waals surface area contributed by atoms with Gasteiger partial charge in [0.1, 0.15) is 23.9 Å². The molecule has 8 rings (SSSR count). The standard InChI is InChI=1S/C41H43F7N10O3S2/c1-5-22(2)40(44,45)32-18-31(41(46,47)48)53-58(32)19-33(59)50-29(15-23-13-24(42)16-25(43)14-23)34-28(26-7-6-8-27-35(26)56(3)54-36(27)55-63(4,60)61)17-30-37(51-34)52-38(62-30)57-11-9-39(10-12-57)20-49-21-39/h6-8,13-14,16-18,22,29,49H,5,9-12,15,19-21H2,1-4H3,(H,50,59)(H,54,55)/t22-,29+/m1/s1. The number of hydrogen-bond donors (Lipinski definition) is 3. The van der Waals surface area contributed by atoms with Crippen molar-refractivity contribution < 1.29 is 43.9 Å². The number of thiazole rings is 1. The zero-order chi connectivity index (χ0) is 45.2. The van der Waals surface area contributed by atoms with E-state index < -0.39 is 69.6 Å². The molecular weight excluding hydrogens is 878 g/mol. The predicted octanol–water partition coefficient (Wildman–Crippen LogP) is 7.54. The number of halogens is 7. The number of aryl methyl sites for hydroxylation is 1. The summed E-state index contributed by atoms with van der Waals surface area (Å²) >= 11 is 1.38. The topological polar surface area (TPSA) is 152 Å². The Bertz CT molecular complexity index is 2810. The summed E-state index contributed by atoms with van der Waals surface area (Å²) in [7, 11) is -2.19. The minimum atomic E-state index is -5.11. The van der Waals surface area contributed by atoms with E-state index in [1.54, 1.807) is 31.3 Å². The molecule has 3 N–H and O–H groups in total. The van der Waals surface area contributed by atoms with Crippen molar-refractivity contribution in [3.8, 4) is 11.1 Å². The largest absolute Gasteiger partial charge is 0.435 e. The van der Waals surface area contributed by atoms with Crippen LogP contribution in [0.25, 0.3) is 32.4 Å². The van der Waals surface area contributed by atoms with Crippen molar-refractivity contribution in [2.45, 2.75) is 64.2 Å². The number of piperidine rings is 1. The number of benzene rings is 2. The summed E-state index contributed by atoms with van der Waals surface area (Å²) in [5.74, 6) is -8.13. The number of nitrogens with zero attached hydrogens (tertiary/aromatic N) is 7. The normalized spacial score (nSPS) is 16.7. The molecule has 63 heavy (non-hydrogen) atoms. The molecule has 13 nitrogen and oxygen atoms in total. The summed E-state index contributed by atoms with van der Waals surface area (Å²) < 4.78 is 132. The number of pyridine rings is 1. The molecule has 6 heterocycles. The number of nitrogens with one attached hydrogen (secondary N) is 3. The van der Waals surface area contributed by atoms with Gasteiger partial charge in [-0.1, -0.05) is 37.3 Å². The Labute approximate surface area is 361 Å². The average molecular weight is 921 g/mol. The molecule has 22 heteroatoms. The van der Waals surface area contributed by atoms with Gasteiger partial charge < -0.3 is 15.5 Å². The van der Waals surface area contributed by atoms with Gasteiger partial charge in [0.05, 0.1) is 28.2 Å². The van der Waals surface area contributed by atoms with Gasteiger partial charge in [-0.3, -0.25) is 18.9 Å². The number of anilines is 2. The van der Waals surface area contributed by atoms with Crippen LogP contribution in [0.15, 0.2) is 48.5 Å². The van der Waals surface area contributed by atoms with E-state index in [1.165, 1.54) is 29.9 Å². The van der Waals surface area contributed by atoms with E-state index in [-0.39, 0.29) is 47.0 Å². The maximum atomic E-state index is 15.7. The molecule has 2 aromatic carbocycles. The van der Waals surface area contributed by atoms with Crippen molar-refractivity contribution in [1.82, 2.24) is 40.2 Å². The van der Waals surface area contributed by atoms with Gasteiger partial charge in [0, 0.05) is 61.7 Å². The second-order valence-electron chi connectivity index (χ2n) is 16.5. The van der Waals surface area contributed by atoms with Gasteiger partial charge in [-0.2, -0.15) is 37.1 Å². The van der Waals surface area contributed by atoms with Crippen LogP contribution in [0.2, 0.25) is 0 Å². The van der Waals surface area contributed by atoms with E-state index in [0.29, 0.717) is 42.6 Å². The van der Waals surface area contributed by atoms with Crippen molar-refractivity contribution in [3.05, 3.63) is 82.8 Å². The number of amides is 1. The molecule has 2 aliphatic heterocycles. The maximum Gasteiger partial charge on any atom is 0.435 e. The van der Waals surface area contributed by atoms with Gasteiger partial charge in [0.2, 0.25) is 15.9 Å². The molecule has 4 aromatic heterocycles. The van der Waals surface area contributed by atoms with Crippen molar-refractivity contribution in [1.29, 1.82) is 0 Å². The second-order valence-corrected chi connectivity index (χ2v) is 19.2.